The van der Waals surface area contributed by atoms with E-state index < -0.39 is 0 Å². The lowest BCUT2D eigenvalue weighted by Gasteiger charge is -2.44. The summed E-state index contributed by atoms with van der Waals surface area (Å²) < 4.78 is 0. The summed E-state index contributed by atoms with van der Waals surface area (Å²) in [5, 5.41) is 0.690. The van der Waals surface area contributed by atoms with Crippen molar-refractivity contribution in [2.45, 2.75) is 12.8 Å². The van der Waals surface area contributed by atoms with E-state index in [0.29, 0.717) is 16.7 Å². The summed E-state index contributed by atoms with van der Waals surface area (Å²) in [6.07, 6.45) is 2.37. The fourth-order valence-corrected chi connectivity index (χ4v) is 3.22. The maximum absolute atomic E-state index is 12.4. The molecule has 0 saturated carbocycles. The van der Waals surface area contributed by atoms with Gasteiger partial charge in [0.05, 0.1) is 0 Å². The van der Waals surface area contributed by atoms with Gasteiger partial charge in [-0.2, -0.15) is 0 Å². The number of hydrogen-bond donors (Lipinski definition) is 0. The van der Waals surface area contributed by atoms with Gasteiger partial charge < -0.3 is 4.90 Å². The largest absolute Gasteiger partial charge is 0.303 e. The minimum Gasteiger partial charge on any atom is -0.303 e. The topological polar surface area (TPSA) is 20.3 Å². The van der Waals surface area contributed by atoms with Gasteiger partial charge >= 0.3 is 0 Å². The lowest BCUT2D eigenvalue weighted by atomic mass is 9.75. The molecule has 90 valence electrons. The quantitative estimate of drug-likeness (QED) is 0.752. The predicted molar refractivity (Wildman–Crippen MR) is 68.4 cm³/mol. The van der Waals surface area contributed by atoms with Crippen LogP contribution >= 0.6 is 11.6 Å². The van der Waals surface area contributed by atoms with Crippen LogP contribution in [0, 0.1) is 11.8 Å². The fourth-order valence-electron chi connectivity index (χ4n) is 3.09. The van der Waals surface area contributed by atoms with Crippen molar-refractivity contribution in [3.05, 3.63) is 34.9 Å². The molecule has 1 aromatic rings. The lowest BCUT2D eigenvalue weighted by Crippen LogP contribution is -2.50. The Hall–Kier alpha value is -0.860. The van der Waals surface area contributed by atoms with Crippen molar-refractivity contribution in [3.63, 3.8) is 0 Å². The molecule has 0 N–H and O–H groups in total. The number of Topliss-reactive ketones (excluding diaryl/α,β-unsaturated/α-hetero) is 1. The summed E-state index contributed by atoms with van der Waals surface area (Å²) in [5.74, 6) is 1.11. The third-order valence-corrected chi connectivity index (χ3v) is 4.37. The molecule has 3 aliphatic heterocycles. The van der Waals surface area contributed by atoms with Crippen molar-refractivity contribution in [2.24, 2.45) is 11.8 Å². The molecule has 3 fully saturated rings. The highest BCUT2D eigenvalue weighted by Gasteiger charge is 2.38. The molecule has 3 heteroatoms. The van der Waals surface area contributed by atoms with E-state index >= 15 is 0 Å². The first-order chi connectivity index (χ1) is 8.24. The van der Waals surface area contributed by atoms with Gasteiger partial charge in [-0.3, -0.25) is 4.79 Å². The fraction of sp³-hybridized carbons (Fsp3) is 0.500. The molecule has 2 nitrogen and oxygen atoms in total. The highest BCUT2D eigenvalue weighted by molar-refractivity contribution is 6.30. The Bertz CT molecular complexity index is 420. The summed E-state index contributed by atoms with van der Waals surface area (Å²) in [6.45, 7) is 3.30. The van der Waals surface area contributed by atoms with Gasteiger partial charge in [0.1, 0.15) is 0 Å². The molecule has 2 bridgehead atoms. The van der Waals surface area contributed by atoms with Crippen LogP contribution in [0.4, 0.5) is 0 Å². The van der Waals surface area contributed by atoms with Gasteiger partial charge in [-0.25, -0.2) is 0 Å². The van der Waals surface area contributed by atoms with E-state index in [-0.39, 0.29) is 5.92 Å². The predicted octanol–water partition coefficient (Wildman–Crippen LogP) is 2.86. The van der Waals surface area contributed by atoms with E-state index in [1.807, 2.05) is 12.1 Å². The minimum absolute atomic E-state index is 0.207. The molecule has 1 unspecified atom stereocenters. The van der Waals surface area contributed by atoms with Crippen LogP contribution in [0.15, 0.2) is 24.3 Å². The summed E-state index contributed by atoms with van der Waals surface area (Å²) in [6, 6.07) is 7.30. The monoisotopic (exact) mass is 249 g/mol. The first kappa shape index (κ1) is 11.2. The molecule has 3 aliphatic rings. The Balaban J connectivity index is 1.80. The van der Waals surface area contributed by atoms with E-state index in [2.05, 4.69) is 4.90 Å². The van der Waals surface area contributed by atoms with Gasteiger partial charge in [0.25, 0.3) is 0 Å². The van der Waals surface area contributed by atoms with Gasteiger partial charge in [0.2, 0.25) is 0 Å². The van der Waals surface area contributed by atoms with Crippen molar-refractivity contribution in [2.75, 3.05) is 19.6 Å². The van der Waals surface area contributed by atoms with E-state index in [1.165, 1.54) is 25.9 Å². The molecule has 4 rings (SSSR count). The summed E-state index contributed by atoms with van der Waals surface area (Å²) >= 11 is 5.85. The second-order valence-electron chi connectivity index (χ2n) is 5.12. The van der Waals surface area contributed by atoms with Crippen molar-refractivity contribution in [3.8, 4) is 0 Å². The zero-order chi connectivity index (χ0) is 11.8. The Morgan fingerprint density at radius 1 is 1.18 bits per heavy atom. The van der Waals surface area contributed by atoms with Crippen LogP contribution in [0.3, 0.4) is 0 Å². The summed E-state index contributed by atoms with van der Waals surface area (Å²) in [7, 11) is 0. The molecular formula is C14H16ClNO. The van der Waals surface area contributed by atoms with E-state index in [1.54, 1.807) is 12.1 Å². The Morgan fingerprint density at radius 3 is 2.35 bits per heavy atom. The maximum Gasteiger partial charge on any atom is 0.167 e. The van der Waals surface area contributed by atoms with Crippen LogP contribution in [0.2, 0.25) is 5.02 Å². The Kier molecular flexibility index (Phi) is 2.93. The average molecular weight is 250 g/mol. The van der Waals surface area contributed by atoms with Gasteiger partial charge in [-0.05, 0) is 56.1 Å². The molecule has 1 aromatic carbocycles. The van der Waals surface area contributed by atoms with Crippen LogP contribution < -0.4 is 0 Å². The van der Waals surface area contributed by atoms with Crippen LogP contribution in [-0.4, -0.2) is 30.3 Å². The van der Waals surface area contributed by atoms with Crippen LogP contribution in [0.1, 0.15) is 23.2 Å². The number of benzene rings is 1. The van der Waals surface area contributed by atoms with Crippen molar-refractivity contribution >= 4 is 17.4 Å². The number of carbonyl (C=O) groups excluding carboxylic acids is 1. The SMILES string of the molecule is O=C(c1ccc(Cl)cc1)C1CN2CCC1CC2. The molecule has 0 aliphatic carbocycles. The number of nitrogens with zero attached hydrogens (tertiary/aromatic N) is 1. The smallest absolute Gasteiger partial charge is 0.167 e. The summed E-state index contributed by atoms with van der Waals surface area (Å²) in [5.41, 5.74) is 0.813. The highest BCUT2D eigenvalue weighted by Crippen LogP contribution is 2.34. The highest BCUT2D eigenvalue weighted by atomic mass is 35.5. The van der Waals surface area contributed by atoms with Gasteiger partial charge in [0.15, 0.2) is 5.78 Å². The van der Waals surface area contributed by atoms with E-state index in [0.717, 1.165) is 12.1 Å². The second-order valence-corrected chi connectivity index (χ2v) is 5.55. The normalized spacial score (nSPS) is 31.5. The van der Waals surface area contributed by atoms with Crippen LogP contribution in [0.5, 0.6) is 0 Å². The van der Waals surface area contributed by atoms with Gasteiger partial charge in [-0.15, -0.1) is 0 Å². The zero-order valence-corrected chi connectivity index (χ0v) is 10.5. The van der Waals surface area contributed by atoms with Crippen molar-refractivity contribution < 1.29 is 4.79 Å². The lowest BCUT2D eigenvalue weighted by molar-refractivity contribution is 0.0419. The molecule has 3 saturated heterocycles. The average Bonchev–Trinajstić information content (AvgIpc) is 2.40. The Morgan fingerprint density at radius 2 is 1.82 bits per heavy atom. The first-order valence-electron chi connectivity index (χ1n) is 6.26. The summed E-state index contributed by atoms with van der Waals surface area (Å²) in [4.78, 5) is 14.8. The number of piperidine rings is 3. The number of ketones is 1. The van der Waals surface area contributed by atoms with Crippen molar-refractivity contribution in [1.29, 1.82) is 0 Å². The molecule has 0 radical (unpaired) electrons. The number of hydrogen-bond acceptors (Lipinski definition) is 2. The molecule has 1 atom stereocenters. The van der Waals surface area contributed by atoms with Crippen LogP contribution in [-0.2, 0) is 0 Å². The number of fused-ring (bicyclic) bond motifs is 3. The second kappa shape index (κ2) is 4.43. The third kappa shape index (κ3) is 2.12. The zero-order valence-electron chi connectivity index (χ0n) is 9.73. The van der Waals surface area contributed by atoms with E-state index in [4.69, 9.17) is 11.6 Å². The minimum atomic E-state index is 0.207. The van der Waals surface area contributed by atoms with Crippen molar-refractivity contribution in [1.82, 2.24) is 4.90 Å². The molecular weight excluding hydrogens is 234 g/mol. The number of carbonyl (C=O) groups is 1. The number of halogens is 1. The van der Waals surface area contributed by atoms with Gasteiger partial charge in [0, 0.05) is 23.0 Å². The molecule has 0 spiro atoms. The molecule has 0 amide bonds. The standard InChI is InChI=1S/C14H16ClNO/c15-12-3-1-11(2-4-12)14(17)13-9-16-7-5-10(13)6-8-16/h1-4,10,13H,5-9H2. The first-order valence-corrected chi connectivity index (χ1v) is 6.64. The molecule has 0 aromatic heterocycles. The van der Waals surface area contributed by atoms with Gasteiger partial charge in [-0.1, -0.05) is 11.6 Å². The molecule has 17 heavy (non-hydrogen) atoms. The Labute approximate surface area is 107 Å². The third-order valence-electron chi connectivity index (χ3n) is 4.12. The van der Waals surface area contributed by atoms with E-state index in [9.17, 15) is 4.79 Å². The molecule has 3 heterocycles. The maximum atomic E-state index is 12.4. The number of rotatable bonds is 2. The van der Waals surface area contributed by atoms with Crippen LogP contribution in [0.25, 0.3) is 0 Å².